The molecule has 182 valence electrons. The summed E-state index contributed by atoms with van der Waals surface area (Å²) < 4.78 is 0. The first-order chi connectivity index (χ1) is 16.5. The number of nitrogens with zero attached hydrogens (tertiary/aromatic N) is 1. The van der Waals surface area contributed by atoms with Crippen molar-refractivity contribution in [3.8, 4) is 0 Å². The molecule has 0 aliphatic heterocycles. The summed E-state index contributed by atoms with van der Waals surface area (Å²) in [5.74, 6) is -1.15. The van der Waals surface area contributed by atoms with Gasteiger partial charge in [0.05, 0.1) is 25.6 Å². The van der Waals surface area contributed by atoms with Crippen LogP contribution in [0, 0.1) is 0 Å². The highest BCUT2D eigenvalue weighted by Gasteiger charge is 2.28. The van der Waals surface area contributed by atoms with E-state index < -0.39 is 24.1 Å². The molecule has 3 heterocycles. The first-order valence-corrected chi connectivity index (χ1v) is 13.8. The Morgan fingerprint density at radius 2 is 1.56 bits per heavy atom. The van der Waals surface area contributed by atoms with Crippen molar-refractivity contribution in [2.24, 2.45) is 0 Å². The second-order valence-electron chi connectivity index (χ2n) is 7.83. The molecular weight excluding hydrogens is 490 g/mol. The fourth-order valence-corrected chi connectivity index (χ4v) is 5.74. The molecule has 0 spiro atoms. The fraction of sp³-hybridized carbons (Fsp3) is 0.375. The monoisotopic (exact) mass is 519 g/mol. The number of unbranched alkanes of at least 4 members (excludes halogenated alkanes) is 1. The summed E-state index contributed by atoms with van der Waals surface area (Å²) in [6, 6.07) is 9.62. The van der Waals surface area contributed by atoms with Gasteiger partial charge >= 0.3 is 12.0 Å². The highest BCUT2D eigenvalue weighted by atomic mass is 32.1. The molecule has 3 rings (SSSR count). The third-order valence-corrected chi connectivity index (χ3v) is 7.89. The van der Waals surface area contributed by atoms with Crippen LogP contribution in [0.3, 0.4) is 0 Å². The van der Waals surface area contributed by atoms with Crippen LogP contribution in [-0.4, -0.2) is 34.0 Å². The topological polar surface area (TPSA) is 98.7 Å². The van der Waals surface area contributed by atoms with E-state index in [1.807, 2.05) is 53.4 Å². The van der Waals surface area contributed by atoms with E-state index in [1.54, 1.807) is 33.6 Å². The Morgan fingerprint density at radius 3 is 2.06 bits per heavy atom. The van der Waals surface area contributed by atoms with Crippen molar-refractivity contribution in [3.05, 3.63) is 67.2 Å². The maximum Gasteiger partial charge on any atom is 0.315 e. The van der Waals surface area contributed by atoms with Crippen LogP contribution in [-0.2, 0) is 22.7 Å². The van der Waals surface area contributed by atoms with Crippen LogP contribution in [0.1, 0.15) is 53.3 Å². The van der Waals surface area contributed by atoms with Crippen molar-refractivity contribution in [2.75, 3.05) is 0 Å². The van der Waals surface area contributed by atoms with Gasteiger partial charge in [0.25, 0.3) is 0 Å². The van der Waals surface area contributed by atoms with Gasteiger partial charge in [0.1, 0.15) is 6.04 Å². The Balaban J connectivity index is 1.73. The lowest BCUT2D eigenvalue weighted by Crippen LogP contribution is -2.51. The Hall–Kier alpha value is -2.69. The summed E-state index contributed by atoms with van der Waals surface area (Å²) in [4.78, 5) is 42.5. The molecule has 34 heavy (non-hydrogen) atoms. The molecule has 3 aromatic heterocycles. The molecule has 0 aromatic carbocycles. The van der Waals surface area contributed by atoms with E-state index in [1.165, 1.54) is 11.3 Å². The van der Waals surface area contributed by atoms with Crippen molar-refractivity contribution in [1.82, 2.24) is 15.5 Å². The van der Waals surface area contributed by atoms with E-state index in [9.17, 15) is 19.5 Å². The number of carboxylic acid groups (broad SMARTS) is 1. The van der Waals surface area contributed by atoms with E-state index in [4.69, 9.17) is 0 Å². The van der Waals surface area contributed by atoms with Crippen molar-refractivity contribution in [2.45, 2.75) is 57.8 Å². The van der Waals surface area contributed by atoms with Gasteiger partial charge < -0.3 is 20.6 Å². The van der Waals surface area contributed by atoms with Crippen LogP contribution in [0.15, 0.2) is 52.5 Å². The number of carbonyl (C=O) groups is 3. The van der Waals surface area contributed by atoms with E-state index in [2.05, 4.69) is 10.6 Å². The summed E-state index contributed by atoms with van der Waals surface area (Å²) in [7, 11) is 0. The normalized spacial score (nSPS) is 12.6. The van der Waals surface area contributed by atoms with E-state index in [0.717, 1.165) is 27.5 Å². The third-order valence-electron chi connectivity index (χ3n) is 5.19. The Bertz CT molecular complexity index is 984. The van der Waals surface area contributed by atoms with Gasteiger partial charge in [0.15, 0.2) is 0 Å². The van der Waals surface area contributed by atoms with Gasteiger partial charge in [0.2, 0.25) is 5.91 Å². The van der Waals surface area contributed by atoms with Gasteiger partial charge in [-0.1, -0.05) is 38.0 Å². The zero-order valence-electron chi connectivity index (χ0n) is 18.9. The molecular formula is C24H29N3O4S3. The molecule has 0 bridgehead atoms. The lowest BCUT2D eigenvalue weighted by Gasteiger charge is -2.28. The molecule has 0 fully saturated rings. The zero-order valence-corrected chi connectivity index (χ0v) is 21.4. The quantitative estimate of drug-likeness (QED) is 0.279. The largest absolute Gasteiger partial charge is 0.481 e. The van der Waals surface area contributed by atoms with Crippen LogP contribution in [0.2, 0.25) is 0 Å². The van der Waals surface area contributed by atoms with Crippen molar-refractivity contribution >= 4 is 51.9 Å². The third kappa shape index (κ3) is 7.96. The maximum absolute atomic E-state index is 13.6. The fourth-order valence-electron chi connectivity index (χ4n) is 3.52. The molecule has 0 aliphatic carbocycles. The Kier molecular flexibility index (Phi) is 10.1. The lowest BCUT2D eigenvalue weighted by molar-refractivity contribution is -0.137. The molecule has 0 unspecified atom stereocenters. The highest BCUT2D eigenvalue weighted by Crippen LogP contribution is 2.22. The number of hydrogen-bond acceptors (Lipinski definition) is 6. The van der Waals surface area contributed by atoms with E-state index >= 15 is 0 Å². The lowest BCUT2D eigenvalue weighted by atomic mass is 10.1. The van der Waals surface area contributed by atoms with Crippen LogP contribution in [0.4, 0.5) is 4.79 Å². The Labute approximate surface area is 211 Å². The predicted molar refractivity (Wildman–Crippen MR) is 137 cm³/mol. The molecule has 0 radical (unpaired) electrons. The summed E-state index contributed by atoms with van der Waals surface area (Å²) >= 11 is 4.57. The molecule has 0 saturated heterocycles. The first kappa shape index (κ1) is 25.9. The SMILES string of the molecule is CCCC[C@H](NC(=O)N[C@@H](CC(=O)O)c1cccs1)C(=O)N(Cc1cccs1)Cc1cccs1. The van der Waals surface area contributed by atoms with E-state index in [0.29, 0.717) is 19.5 Å². The molecule has 10 heteroatoms. The van der Waals surface area contributed by atoms with Crippen molar-refractivity contribution in [3.63, 3.8) is 0 Å². The van der Waals surface area contributed by atoms with Gasteiger partial charge in [-0.25, -0.2) is 4.79 Å². The second-order valence-corrected chi connectivity index (χ2v) is 10.9. The predicted octanol–water partition coefficient (Wildman–Crippen LogP) is 5.47. The minimum Gasteiger partial charge on any atom is -0.481 e. The number of rotatable bonds is 13. The van der Waals surface area contributed by atoms with Crippen molar-refractivity contribution in [1.29, 1.82) is 0 Å². The van der Waals surface area contributed by atoms with Gasteiger partial charge in [-0.3, -0.25) is 9.59 Å². The maximum atomic E-state index is 13.6. The number of amides is 3. The summed E-state index contributed by atoms with van der Waals surface area (Å²) in [5.41, 5.74) is 0. The van der Waals surface area contributed by atoms with Gasteiger partial charge in [-0.05, 0) is 40.8 Å². The second kappa shape index (κ2) is 13.3. The van der Waals surface area contributed by atoms with Gasteiger partial charge in [-0.15, -0.1) is 34.0 Å². The standard InChI is InChI=1S/C24H29N3O4S3/c1-2-3-9-19(25-24(31)26-20(14-22(28)29)21-10-6-13-34-21)23(30)27(15-17-7-4-11-32-17)16-18-8-5-12-33-18/h4-8,10-13,19-20H,2-3,9,14-16H2,1H3,(H,28,29)(H2,25,26,31)/t19-,20-/m0/s1. The van der Waals surface area contributed by atoms with Crippen molar-refractivity contribution < 1.29 is 19.5 Å². The number of thiophene rings is 3. The van der Waals surface area contributed by atoms with Gasteiger partial charge in [0, 0.05) is 14.6 Å². The minimum atomic E-state index is -1.00. The number of urea groups is 1. The number of carbonyl (C=O) groups excluding carboxylic acids is 2. The first-order valence-electron chi connectivity index (χ1n) is 11.1. The number of nitrogens with one attached hydrogen (secondary N) is 2. The molecule has 7 nitrogen and oxygen atoms in total. The number of carboxylic acids is 1. The van der Waals surface area contributed by atoms with Gasteiger partial charge in [-0.2, -0.15) is 0 Å². The number of hydrogen-bond donors (Lipinski definition) is 3. The number of aliphatic carboxylic acids is 1. The van der Waals surface area contributed by atoms with Crippen LogP contribution >= 0.6 is 34.0 Å². The molecule has 3 N–H and O–H groups in total. The summed E-state index contributed by atoms with van der Waals surface area (Å²) in [5, 5.41) is 20.7. The summed E-state index contributed by atoms with van der Waals surface area (Å²) in [6.07, 6.45) is 1.95. The average molecular weight is 520 g/mol. The highest BCUT2D eigenvalue weighted by molar-refractivity contribution is 7.10. The smallest absolute Gasteiger partial charge is 0.315 e. The van der Waals surface area contributed by atoms with Crippen LogP contribution in [0.5, 0.6) is 0 Å². The van der Waals surface area contributed by atoms with Crippen LogP contribution in [0.25, 0.3) is 0 Å². The minimum absolute atomic E-state index is 0.142. The average Bonchev–Trinajstić information content (AvgIpc) is 3.59. The Morgan fingerprint density at radius 1 is 0.941 bits per heavy atom. The molecule has 2 atom stereocenters. The molecule has 3 aromatic rings. The molecule has 0 saturated carbocycles. The van der Waals surface area contributed by atoms with E-state index in [-0.39, 0.29) is 12.3 Å². The molecule has 0 aliphatic rings. The summed E-state index contributed by atoms with van der Waals surface area (Å²) in [6.45, 7) is 2.98. The van der Waals surface area contributed by atoms with Crippen LogP contribution < -0.4 is 10.6 Å². The zero-order chi connectivity index (χ0) is 24.3. The molecule has 3 amide bonds.